The Balaban J connectivity index is 1.80. The smallest absolute Gasteiger partial charge is 0.251 e. The predicted molar refractivity (Wildman–Crippen MR) is 89.1 cm³/mol. The van der Waals surface area contributed by atoms with E-state index in [4.69, 9.17) is 0 Å². The highest BCUT2D eigenvalue weighted by atomic mass is 32.2. The average molecular weight is 329 g/mol. The first-order valence-corrected chi connectivity index (χ1v) is 9.44. The zero-order valence-corrected chi connectivity index (χ0v) is 13.9. The van der Waals surface area contributed by atoms with Crippen molar-refractivity contribution in [2.45, 2.75) is 24.3 Å². The molecule has 0 aromatic heterocycles. The van der Waals surface area contributed by atoms with Gasteiger partial charge in [-0.2, -0.15) is 0 Å². The fourth-order valence-electron chi connectivity index (χ4n) is 3.09. The van der Waals surface area contributed by atoms with Crippen molar-refractivity contribution in [3.63, 3.8) is 0 Å². The van der Waals surface area contributed by atoms with Crippen molar-refractivity contribution in [3.8, 4) is 0 Å². The molecule has 23 heavy (non-hydrogen) atoms. The molecule has 5 heteroatoms. The summed E-state index contributed by atoms with van der Waals surface area (Å²) in [6, 6.07) is 14.2. The van der Waals surface area contributed by atoms with Crippen LogP contribution in [-0.4, -0.2) is 20.6 Å². The molecule has 1 N–H and O–H groups in total. The highest BCUT2D eigenvalue weighted by Crippen LogP contribution is 2.35. The third-order valence-corrected chi connectivity index (χ3v) is 5.46. The Labute approximate surface area is 136 Å². The molecule has 0 unspecified atom stereocenters. The maximum Gasteiger partial charge on any atom is 0.251 e. The summed E-state index contributed by atoms with van der Waals surface area (Å²) < 4.78 is 22.9. The lowest BCUT2D eigenvalue weighted by atomic mass is 10.0. The fourth-order valence-corrected chi connectivity index (χ4v) is 3.72. The number of amides is 1. The summed E-state index contributed by atoms with van der Waals surface area (Å²) >= 11 is 0. The molecule has 120 valence electrons. The van der Waals surface area contributed by atoms with Gasteiger partial charge in [-0.25, -0.2) is 8.42 Å². The Morgan fingerprint density at radius 1 is 1.09 bits per heavy atom. The molecule has 2 aromatic rings. The lowest BCUT2D eigenvalue weighted by molar-refractivity contribution is 0.0927. The monoisotopic (exact) mass is 329 g/mol. The molecule has 0 saturated carbocycles. The van der Waals surface area contributed by atoms with Gasteiger partial charge in [-0.3, -0.25) is 4.79 Å². The first-order chi connectivity index (χ1) is 10.9. The van der Waals surface area contributed by atoms with Crippen LogP contribution in [0.3, 0.4) is 0 Å². The van der Waals surface area contributed by atoms with Crippen molar-refractivity contribution >= 4 is 15.7 Å². The van der Waals surface area contributed by atoms with E-state index in [0.29, 0.717) is 11.5 Å². The number of fused-ring (bicyclic) bond motifs is 1. The number of sulfone groups is 1. The minimum atomic E-state index is -3.25. The molecular formula is C18H19NO3S. The topological polar surface area (TPSA) is 63.2 Å². The molecule has 0 bridgehead atoms. The van der Waals surface area contributed by atoms with Crippen LogP contribution in [0.4, 0.5) is 0 Å². The molecule has 0 saturated heterocycles. The number of nitrogens with one attached hydrogen (secondary N) is 1. The van der Waals surface area contributed by atoms with E-state index in [2.05, 4.69) is 24.4 Å². The van der Waals surface area contributed by atoms with Gasteiger partial charge < -0.3 is 5.32 Å². The van der Waals surface area contributed by atoms with Crippen molar-refractivity contribution in [1.82, 2.24) is 5.32 Å². The SMILES string of the molecule is C[C@H]1Cc2ccccc2[C@@H]1NC(=O)c1ccc(S(C)(=O)=O)cc1. The van der Waals surface area contributed by atoms with Gasteiger partial charge in [-0.1, -0.05) is 31.2 Å². The Morgan fingerprint density at radius 2 is 1.74 bits per heavy atom. The summed E-state index contributed by atoms with van der Waals surface area (Å²) in [7, 11) is -3.25. The molecule has 0 fully saturated rings. The van der Waals surface area contributed by atoms with Crippen LogP contribution >= 0.6 is 0 Å². The summed E-state index contributed by atoms with van der Waals surface area (Å²) in [6.45, 7) is 2.12. The van der Waals surface area contributed by atoms with Gasteiger partial charge in [0.05, 0.1) is 10.9 Å². The van der Waals surface area contributed by atoms with Crippen LogP contribution in [0, 0.1) is 5.92 Å². The second kappa shape index (κ2) is 5.81. The number of benzene rings is 2. The van der Waals surface area contributed by atoms with Gasteiger partial charge in [0, 0.05) is 11.8 Å². The van der Waals surface area contributed by atoms with Gasteiger partial charge in [0.1, 0.15) is 0 Å². The van der Waals surface area contributed by atoms with Gasteiger partial charge in [0.25, 0.3) is 5.91 Å². The van der Waals surface area contributed by atoms with Crippen molar-refractivity contribution in [1.29, 1.82) is 0 Å². The van der Waals surface area contributed by atoms with E-state index < -0.39 is 9.84 Å². The minimum Gasteiger partial charge on any atom is -0.345 e. The van der Waals surface area contributed by atoms with Crippen molar-refractivity contribution in [2.24, 2.45) is 5.92 Å². The molecule has 0 aliphatic heterocycles. The third kappa shape index (κ3) is 3.15. The Kier molecular flexibility index (Phi) is 3.98. The second-order valence-corrected chi connectivity index (χ2v) is 8.14. The van der Waals surface area contributed by atoms with E-state index in [9.17, 15) is 13.2 Å². The van der Waals surface area contributed by atoms with Crippen LogP contribution < -0.4 is 5.32 Å². The number of rotatable bonds is 3. The molecular weight excluding hydrogens is 310 g/mol. The van der Waals surface area contributed by atoms with Crippen LogP contribution in [0.2, 0.25) is 0 Å². The zero-order chi connectivity index (χ0) is 16.6. The Morgan fingerprint density at radius 3 is 2.39 bits per heavy atom. The average Bonchev–Trinajstić information content (AvgIpc) is 2.82. The van der Waals surface area contributed by atoms with Gasteiger partial charge in [-0.15, -0.1) is 0 Å². The van der Waals surface area contributed by atoms with E-state index >= 15 is 0 Å². The van der Waals surface area contributed by atoms with Crippen LogP contribution in [0.15, 0.2) is 53.4 Å². The number of hydrogen-bond donors (Lipinski definition) is 1. The highest BCUT2D eigenvalue weighted by Gasteiger charge is 2.30. The third-order valence-electron chi connectivity index (χ3n) is 4.33. The van der Waals surface area contributed by atoms with Gasteiger partial charge in [0.2, 0.25) is 0 Å². The van der Waals surface area contributed by atoms with Crippen molar-refractivity contribution in [2.75, 3.05) is 6.26 Å². The normalized spacial score (nSPS) is 20.1. The van der Waals surface area contributed by atoms with Gasteiger partial charge in [0.15, 0.2) is 9.84 Å². The van der Waals surface area contributed by atoms with Gasteiger partial charge in [-0.05, 0) is 47.7 Å². The molecule has 2 aromatic carbocycles. The lowest BCUT2D eigenvalue weighted by Crippen LogP contribution is -2.30. The molecule has 3 rings (SSSR count). The lowest BCUT2D eigenvalue weighted by Gasteiger charge is -2.19. The quantitative estimate of drug-likeness (QED) is 0.942. The molecule has 1 aliphatic carbocycles. The van der Waals surface area contributed by atoms with E-state index in [0.717, 1.165) is 12.7 Å². The summed E-state index contributed by atoms with van der Waals surface area (Å²) in [5.41, 5.74) is 2.91. The minimum absolute atomic E-state index is 0.00622. The van der Waals surface area contributed by atoms with E-state index in [-0.39, 0.29) is 16.8 Å². The van der Waals surface area contributed by atoms with Crippen LogP contribution in [0.5, 0.6) is 0 Å². The van der Waals surface area contributed by atoms with Crippen LogP contribution in [0.25, 0.3) is 0 Å². The summed E-state index contributed by atoms with van der Waals surface area (Å²) in [5.74, 6) is 0.158. The standard InChI is InChI=1S/C18H19NO3S/c1-12-11-14-5-3-4-6-16(14)17(12)19-18(20)13-7-9-15(10-8-13)23(2,21)22/h3-10,12,17H,11H2,1-2H3,(H,19,20)/t12-,17+/m0/s1. The van der Waals surface area contributed by atoms with E-state index in [1.54, 1.807) is 12.1 Å². The Bertz CT molecular complexity index is 841. The molecule has 4 nitrogen and oxygen atoms in total. The van der Waals surface area contributed by atoms with E-state index in [1.165, 1.54) is 23.3 Å². The fraction of sp³-hybridized carbons (Fsp3) is 0.278. The summed E-state index contributed by atoms with van der Waals surface area (Å²) in [6.07, 6.45) is 2.10. The molecule has 1 aliphatic rings. The largest absolute Gasteiger partial charge is 0.345 e. The van der Waals surface area contributed by atoms with Crippen LogP contribution in [-0.2, 0) is 16.3 Å². The second-order valence-electron chi connectivity index (χ2n) is 6.13. The first kappa shape index (κ1) is 15.7. The maximum absolute atomic E-state index is 12.5. The summed E-state index contributed by atoms with van der Waals surface area (Å²) in [5, 5.41) is 3.07. The maximum atomic E-state index is 12.5. The van der Waals surface area contributed by atoms with Crippen LogP contribution in [0.1, 0.15) is 34.5 Å². The Hall–Kier alpha value is -2.14. The molecule has 2 atom stereocenters. The zero-order valence-electron chi connectivity index (χ0n) is 13.1. The number of carbonyl (C=O) groups is 1. The molecule has 0 radical (unpaired) electrons. The number of hydrogen-bond acceptors (Lipinski definition) is 3. The summed E-state index contributed by atoms with van der Waals surface area (Å²) in [4.78, 5) is 12.7. The first-order valence-electron chi connectivity index (χ1n) is 7.55. The number of carbonyl (C=O) groups excluding carboxylic acids is 1. The van der Waals surface area contributed by atoms with Crippen molar-refractivity contribution in [3.05, 3.63) is 65.2 Å². The van der Waals surface area contributed by atoms with Crippen molar-refractivity contribution < 1.29 is 13.2 Å². The highest BCUT2D eigenvalue weighted by molar-refractivity contribution is 7.90. The molecule has 1 amide bonds. The van der Waals surface area contributed by atoms with E-state index in [1.807, 2.05) is 12.1 Å². The van der Waals surface area contributed by atoms with Gasteiger partial charge >= 0.3 is 0 Å². The predicted octanol–water partition coefficient (Wildman–Crippen LogP) is 2.75. The molecule has 0 heterocycles. The molecule has 0 spiro atoms.